The van der Waals surface area contributed by atoms with Crippen molar-refractivity contribution in [3.8, 4) is 0 Å². The molecule has 0 amide bonds. The SMILES string of the molecule is CC1C2CCC(C2)C1(C)OB=O. The van der Waals surface area contributed by atoms with E-state index in [1.165, 1.54) is 19.3 Å². The molecule has 2 saturated carbocycles. The maximum atomic E-state index is 10.4. The van der Waals surface area contributed by atoms with E-state index in [-0.39, 0.29) is 5.60 Å². The van der Waals surface area contributed by atoms with Crippen molar-refractivity contribution in [1.29, 1.82) is 0 Å². The first kappa shape index (κ1) is 8.27. The van der Waals surface area contributed by atoms with Crippen molar-refractivity contribution in [3.63, 3.8) is 0 Å². The van der Waals surface area contributed by atoms with Gasteiger partial charge in [-0.3, -0.25) is 0 Å². The Morgan fingerprint density at radius 3 is 2.75 bits per heavy atom. The summed E-state index contributed by atoms with van der Waals surface area (Å²) in [6.45, 7) is 4.31. The quantitative estimate of drug-likeness (QED) is 0.584. The van der Waals surface area contributed by atoms with Crippen LogP contribution < -0.4 is 0 Å². The Morgan fingerprint density at radius 2 is 2.25 bits per heavy atom. The molecule has 0 heterocycles. The van der Waals surface area contributed by atoms with E-state index in [4.69, 9.17) is 4.65 Å². The molecule has 2 rings (SSSR count). The van der Waals surface area contributed by atoms with Gasteiger partial charge in [0.05, 0.1) is 0 Å². The van der Waals surface area contributed by atoms with Crippen LogP contribution in [0.15, 0.2) is 0 Å². The van der Waals surface area contributed by atoms with E-state index in [1.807, 2.05) is 0 Å². The van der Waals surface area contributed by atoms with Gasteiger partial charge in [0.15, 0.2) is 0 Å². The van der Waals surface area contributed by atoms with Crippen LogP contribution in [0.2, 0.25) is 0 Å². The second-order valence-electron chi connectivity index (χ2n) is 4.46. The van der Waals surface area contributed by atoms with Crippen molar-refractivity contribution in [2.24, 2.45) is 17.8 Å². The third kappa shape index (κ3) is 0.883. The molecule has 4 unspecified atom stereocenters. The fourth-order valence-corrected chi connectivity index (χ4v) is 3.14. The summed E-state index contributed by atoms with van der Waals surface area (Å²) < 4.78 is 15.6. The summed E-state index contributed by atoms with van der Waals surface area (Å²) in [5, 5.41) is 0. The topological polar surface area (TPSA) is 26.3 Å². The molecule has 2 aliphatic rings. The van der Waals surface area contributed by atoms with Gasteiger partial charge < -0.3 is 0 Å². The molecular formula is C9H15BO2. The summed E-state index contributed by atoms with van der Waals surface area (Å²) in [5.41, 5.74) is -0.148. The van der Waals surface area contributed by atoms with Gasteiger partial charge >= 0.3 is 73.2 Å². The van der Waals surface area contributed by atoms with Crippen LogP contribution in [-0.4, -0.2) is 13.0 Å². The van der Waals surface area contributed by atoms with Crippen molar-refractivity contribution in [2.75, 3.05) is 0 Å². The summed E-state index contributed by atoms with van der Waals surface area (Å²) in [5.74, 6) is 1.99. The fourth-order valence-electron chi connectivity index (χ4n) is 3.14. The molecule has 66 valence electrons. The number of hydrogen-bond acceptors (Lipinski definition) is 2. The maximum absolute atomic E-state index is 10.4. The van der Waals surface area contributed by atoms with Gasteiger partial charge in [-0.2, -0.15) is 0 Å². The van der Waals surface area contributed by atoms with E-state index in [9.17, 15) is 4.70 Å². The molecule has 12 heavy (non-hydrogen) atoms. The predicted octanol–water partition coefficient (Wildman–Crippen LogP) is 1.79. The Bertz CT molecular complexity index is 203. The zero-order chi connectivity index (χ0) is 8.77. The summed E-state index contributed by atoms with van der Waals surface area (Å²) in [6.07, 6.45) is 3.86. The van der Waals surface area contributed by atoms with Gasteiger partial charge in [0, 0.05) is 0 Å². The van der Waals surface area contributed by atoms with Gasteiger partial charge in [-0.05, 0) is 0 Å². The summed E-state index contributed by atoms with van der Waals surface area (Å²) >= 11 is 0. The van der Waals surface area contributed by atoms with Crippen LogP contribution in [0, 0.1) is 17.8 Å². The minimum absolute atomic E-state index is 0.148. The van der Waals surface area contributed by atoms with E-state index in [0.29, 0.717) is 19.2 Å². The second kappa shape index (κ2) is 2.58. The molecular weight excluding hydrogens is 151 g/mol. The first-order valence-electron chi connectivity index (χ1n) is 4.80. The van der Waals surface area contributed by atoms with E-state index < -0.39 is 0 Å². The van der Waals surface area contributed by atoms with E-state index in [2.05, 4.69) is 13.8 Å². The third-order valence-corrected chi connectivity index (χ3v) is 4.20. The predicted molar refractivity (Wildman–Crippen MR) is 45.9 cm³/mol. The van der Waals surface area contributed by atoms with Crippen LogP contribution in [0.25, 0.3) is 0 Å². The molecule has 0 N–H and O–H groups in total. The number of fused-ring (bicyclic) bond motifs is 2. The zero-order valence-corrected chi connectivity index (χ0v) is 7.75. The van der Waals surface area contributed by atoms with Crippen LogP contribution >= 0.6 is 0 Å². The van der Waals surface area contributed by atoms with Gasteiger partial charge in [0.1, 0.15) is 0 Å². The Morgan fingerprint density at radius 1 is 1.50 bits per heavy atom. The van der Waals surface area contributed by atoms with E-state index >= 15 is 0 Å². The van der Waals surface area contributed by atoms with Gasteiger partial charge in [0.2, 0.25) is 0 Å². The molecule has 2 bridgehead atoms. The summed E-state index contributed by atoms with van der Waals surface area (Å²) in [6, 6.07) is 0. The van der Waals surface area contributed by atoms with Crippen molar-refractivity contribution in [1.82, 2.24) is 0 Å². The van der Waals surface area contributed by atoms with E-state index in [0.717, 1.165) is 5.92 Å². The standard InChI is InChI=1S/C9H15BO2/c1-6-7-3-4-8(5-7)9(6,2)12-10-11/h6-8H,3-5H2,1-2H3. The van der Waals surface area contributed by atoms with Crippen LogP contribution in [0.1, 0.15) is 33.1 Å². The Kier molecular flexibility index (Phi) is 1.78. The van der Waals surface area contributed by atoms with Crippen LogP contribution in [0.5, 0.6) is 0 Å². The number of hydrogen-bond donors (Lipinski definition) is 0. The first-order chi connectivity index (χ1) is 5.68. The first-order valence-corrected chi connectivity index (χ1v) is 4.80. The van der Waals surface area contributed by atoms with E-state index in [1.54, 1.807) is 0 Å². The average molecular weight is 166 g/mol. The van der Waals surface area contributed by atoms with Gasteiger partial charge in [-0.15, -0.1) is 0 Å². The molecule has 0 saturated heterocycles. The average Bonchev–Trinajstić information content (AvgIpc) is 2.57. The van der Waals surface area contributed by atoms with Gasteiger partial charge in [0.25, 0.3) is 0 Å². The zero-order valence-electron chi connectivity index (χ0n) is 7.75. The number of rotatable bonds is 2. The fraction of sp³-hybridized carbons (Fsp3) is 1.00. The molecule has 2 nitrogen and oxygen atoms in total. The molecule has 0 radical (unpaired) electrons. The van der Waals surface area contributed by atoms with Crippen molar-refractivity contribution >= 4 is 7.35 Å². The molecule has 2 fully saturated rings. The van der Waals surface area contributed by atoms with Crippen molar-refractivity contribution < 1.29 is 9.36 Å². The Labute approximate surface area is 74.0 Å². The molecule has 0 spiro atoms. The molecule has 0 aromatic heterocycles. The molecule has 0 aromatic rings. The molecule has 2 aliphatic carbocycles. The third-order valence-electron chi connectivity index (χ3n) is 4.20. The molecule has 0 aromatic carbocycles. The second-order valence-corrected chi connectivity index (χ2v) is 4.46. The van der Waals surface area contributed by atoms with Gasteiger partial charge in [-0.25, -0.2) is 0 Å². The van der Waals surface area contributed by atoms with Crippen LogP contribution in [0.4, 0.5) is 0 Å². The molecule has 3 heteroatoms. The Balaban J connectivity index is 2.20. The van der Waals surface area contributed by atoms with Crippen molar-refractivity contribution in [2.45, 2.75) is 38.7 Å². The monoisotopic (exact) mass is 166 g/mol. The van der Waals surface area contributed by atoms with Gasteiger partial charge in [-0.1, -0.05) is 0 Å². The molecule has 0 aliphatic heterocycles. The normalized spacial score (nSPS) is 50.7. The van der Waals surface area contributed by atoms with Crippen molar-refractivity contribution in [3.05, 3.63) is 0 Å². The molecule has 4 atom stereocenters. The minimum atomic E-state index is -0.148. The van der Waals surface area contributed by atoms with Crippen LogP contribution in [-0.2, 0) is 9.36 Å². The van der Waals surface area contributed by atoms with Crippen LogP contribution in [0.3, 0.4) is 0 Å². The summed E-state index contributed by atoms with van der Waals surface area (Å²) in [7, 11) is 0.622. The summed E-state index contributed by atoms with van der Waals surface area (Å²) in [4.78, 5) is 0. The Hall–Kier alpha value is -0.335.